The Kier molecular flexibility index (Phi) is 5.43. The number of carbonyl (C=O) groups is 1. The predicted molar refractivity (Wildman–Crippen MR) is 105 cm³/mol. The molecular weight excluding hydrogens is 362 g/mol. The first kappa shape index (κ1) is 18.4. The van der Waals surface area contributed by atoms with Crippen molar-refractivity contribution in [1.82, 2.24) is 14.8 Å². The van der Waals surface area contributed by atoms with Crippen molar-refractivity contribution in [2.45, 2.75) is 25.4 Å². The average molecular weight is 388 g/mol. The van der Waals surface area contributed by atoms with Gasteiger partial charge in [0.15, 0.2) is 0 Å². The number of nitrogens with zero attached hydrogens (tertiary/aromatic N) is 2. The number of methoxy groups -OCH3 is 1. The van der Waals surface area contributed by atoms with Crippen LogP contribution in [-0.4, -0.2) is 48.7 Å². The monoisotopic (exact) mass is 387 g/mol. The van der Waals surface area contributed by atoms with Crippen molar-refractivity contribution >= 4 is 17.2 Å². The maximum atomic E-state index is 13.2. The Morgan fingerprint density at radius 2 is 2.26 bits per heavy atom. The lowest BCUT2D eigenvalue weighted by Gasteiger charge is -2.37. The lowest BCUT2D eigenvalue weighted by atomic mass is 9.84. The molecule has 2 aromatic rings. The molecule has 0 aliphatic carbocycles. The Morgan fingerprint density at radius 1 is 1.37 bits per heavy atom. The van der Waals surface area contributed by atoms with Gasteiger partial charge in [-0.15, -0.1) is 0 Å². The molecule has 2 aromatic heterocycles. The summed E-state index contributed by atoms with van der Waals surface area (Å²) in [5.41, 5.74) is 2.24. The van der Waals surface area contributed by atoms with E-state index in [9.17, 15) is 9.59 Å². The van der Waals surface area contributed by atoms with Gasteiger partial charge in [-0.25, -0.2) is 0 Å². The highest BCUT2D eigenvalue weighted by Gasteiger charge is 2.32. The van der Waals surface area contributed by atoms with E-state index in [0.717, 1.165) is 30.8 Å². The van der Waals surface area contributed by atoms with E-state index in [0.29, 0.717) is 38.1 Å². The molecule has 1 amide bonds. The average Bonchev–Trinajstić information content (AvgIpc) is 3.19. The van der Waals surface area contributed by atoms with Crippen molar-refractivity contribution in [2.24, 2.45) is 5.92 Å². The highest BCUT2D eigenvalue weighted by molar-refractivity contribution is 7.07. The predicted octanol–water partition coefficient (Wildman–Crippen LogP) is 1.91. The van der Waals surface area contributed by atoms with E-state index >= 15 is 0 Å². The van der Waals surface area contributed by atoms with E-state index in [-0.39, 0.29) is 17.0 Å². The second kappa shape index (κ2) is 7.96. The van der Waals surface area contributed by atoms with Gasteiger partial charge in [0.25, 0.3) is 11.5 Å². The summed E-state index contributed by atoms with van der Waals surface area (Å²) in [6, 6.07) is 5.70. The standard InChI is InChI=1S/C20H25N3O3S/c1-26-6-5-22(11-14-4-7-27-13-14)19(24)17-2-3-18-16-8-15(9-21-10-16)12-23(18)20(17)25/h2-4,7,13,15-16,21H,5-6,8-12H2,1H3/t15-,16+/m0/s1. The van der Waals surface area contributed by atoms with Crippen LogP contribution in [0.1, 0.15) is 34.0 Å². The van der Waals surface area contributed by atoms with Crippen molar-refractivity contribution in [3.05, 3.63) is 56.1 Å². The van der Waals surface area contributed by atoms with Crippen molar-refractivity contribution < 1.29 is 9.53 Å². The van der Waals surface area contributed by atoms with Crippen LogP contribution in [-0.2, 0) is 17.8 Å². The van der Waals surface area contributed by atoms with Gasteiger partial charge in [0, 0.05) is 44.9 Å². The van der Waals surface area contributed by atoms with Gasteiger partial charge in [-0.05, 0) is 53.4 Å². The zero-order valence-corrected chi connectivity index (χ0v) is 16.3. The van der Waals surface area contributed by atoms with Crippen molar-refractivity contribution in [3.8, 4) is 0 Å². The summed E-state index contributed by atoms with van der Waals surface area (Å²) in [5.74, 6) is 0.617. The van der Waals surface area contributed by atoms with Gasteiger partial charge in [-0.1, -0.05) is 0 Å². The minimum absolute atomic E-state index is 0.151. The molecule has 0 saturated carbocycles. The van der Waals surface area contributed by atoms with Crippen LogP contribution in [0.2, 0.25) is 0 Å². The molecule has 4 rings (SSSR count). The third kappa shape index (κ3) is 3.72. The van der Waals surface area contributed by atoms with Crippen LogP contribution in [0.25, 0.3) is 0 Å². The number of nitrogens with one attached hydrogen (secondary N) is 1. The maximum Gasteiger partial charge on any atom is 0.263 e. The molecule has 7 heteroatoms. The van der Waals surface area contributed by atoms with Gasteiger partial charge >= 0.3 is 0 Å². The van der Waals surface area contributed by atoms with Gasteiger partial charge < -0.3 is 19.5 Å². The van der Waals surface area contributed by atoms with E-state index in [2.05, 4.69) is 5.32 Å². The molecular formula is C20H25N3O3S. The molecule has 6 nitrogen and oxygen atoms in total. The lowest BCUT2D eigenvalue weighted by molar-refractivity contribution is 0.0677. The van der Waals surface area contributed by atoms with Crippen LogP contribution in [0.4, 0.5) is 0 Å². The summed E-state index contributed by atoms with van der Waals surface area (Å²) in [7, 11) is 1.62. The molecule has 0 radical (unpaired) electrons. The molecule has 1 saturated heterocycles. The number of carbonyl (C=O) groups excluding carboxylic acids is 1. The molecule has 0 aromatic carbocycles. The second-order valence-corrected chi connectivity index (χ2v) is 8.18. The van der Waals surface area contributed by atoms with Crippen molar-refractivity contribution in [3.63, 3.8) is 0 Å². The van der Waals surface area contributed by atoms with Gasteiger partial charge in [0.2, 0.25) is 0 Å². The second-order valence-electron chi connectivity index (χ2n) is 7.40. The van der Waals surface area contributed by atoms with E-state index < -0.39 is 0 Å². The molecule has 4 heterocycles. The normalized spacial score (nSPS) is 20.9. The fourth-order valence-electron chi connectivity index (χ4n) is 4.18. The maximum absolute atomic E-state index is 13.2. The van der Waals surface area contributed by atoms with Gasteiger partial charge in [-0.3, -0.25) is 9.59 Å². The third-order valence-corrected chi connectivity index (χ3v) is 6.28. The summed E-state index contributed by atoms with van der Waals surface area (Å²) in [6.07, 6.45) is 1.12. The molecule has 2 atom stereocenters. The molecule has 0 unspecified atom stereocenters. The first-order chi connectivity index (χ1) is 13.2. The van der Waals surface area contributed by atoms with Crippen LogP contribution < -0.4 is 10.9 Å². The first-order valence-electron chi connectivity index (χ1n) is 9.41. The van der Waals surface area contributed by atoms with Crippen molar-refractivity contribution in [1.29, 1.82) is 0 Å². The molecule has 2 aliphatic rings. The van der Waals surface area contributed by atoms with E-state index in [1.807, 2.05) is 27.5 Å². The van der Waals surface area contributed by atoms with Gasteiger partial charge in [0.1, 0.15) is 5.56 Å². The largest absolute Gasteiger partial charge is 0.383 e. The molecule has 2 aliphatic heterocycles. The van der Waals surface area contributed by atoms with Gasteiger partial charge in [0.05, 0.1) is 6.61 Å². The number of pyridine rings is 1. The summed E-state index contributed by atoms with van der Waals surface area (Å²) in [6.45, 7) is 3.93. The Hall–Kier alpha value is -1.96. The van der Waals surface area contributed by atoms with E-state index in [4.69, 9.17) is 4.74 Å². The fraction of sp³-hybridized carbons (Fsp3) is 0.500. The number of fused-ring (bicyclic) bond motifs is 4. The van der Waals surface area contributed by atoms with Crippen LogP contribution in [0, 0.1) is 5.92 Å². The zero-order valence-electron chi connectivity index (χ0n) is 15.5. The number of amides is 1. The molecule has 27 heavy (non-hydrogen) atoms. The first-order valence-corrected chi connectivity index (χ1v) is 10.4. The molecule has 1 N–H and O–H groups in total. The number of rotatable bonds is 6. The summed E-state index contributed by atoms with van der Waals surface area (Å²) >= 11 is 1.60. The Morgan fingerprint density at radius 3 is 3.04 bits per heavy atom. The molecule has 144 valence electrons. The molecule has 0 spiro atoms. The number of ether oxygens (including phenoxy) is 1. The Bertz CT molecular complexity index is 862. The number of hydrogen-bond donors (Lipinski definition) is 1. The lowest BCUT2D eigenvalue weighted by Crippen LogP contribution is -2.46. The number of aromatic nitrogens is 1. The topological polar surface area (TPSA) is 63.6 Å². The third-order valence-electron chi connectivity index (χ3n) is 5.55. The van der Waals surface area contributed by atoms with E-state index in [1.165, 1.54) is 0 Å². The van der Waals surface area contributed by atoms with E-state index in [1.54, 1.807) is 29.4 Å². The van der Waals surface area contributed by atoms with Crippen LogP contribution in [0.15, 0.2) is 33.8 Å². The Labute approximate surface area is 162 Å². The zero-order chi connectivity index (χ0) is 18.8. The molecule has 1 fully saturated rings. The summed E-state index contributed by atoms with van der Waals surface area (Å²) in [5, 5.41) is 7.47. The molecule has 2 bridgehead atoms. The number of hydrogen-bond acceptors (Lipinski definition) is 5. The highest BCUT2D eigenvalue weighted by Crippen LogP contribution is 2.31. The van der Waals surface area contributed by atoms with Gasteiger partial charge in [-0.2, -0.15) is 11.3 Å². The smallest absolute Gasteiger partial charge is 0.263 e. The van der Waals surface area contributed by atoms with Crippen LogP contribution >= 0.6 is 11.3 Å². The quantitative estimate of drug-likeness (QED) is 0.822. The minimum atomic E-state index is -0.215. The fourth-order valence-corrected chi connectivity index (χ4v) is 4.84. The Balaban J connectivity index is 1.63. The number of thiophene rings is 1. The van der Waals surface area contributed by atoms with Crippen LogP contribution in [0.5, 0.6) is 0 Å². The SMILES string of the molecule is COCCN(Cc1ccsc1)C(=O)c1ccc2n(c1=O)C[C@@H]1CNC[C@H]2C1. The van der Waals surface area contributed by atoms with Crippen molar-refractivity contribution in [2.75, 3.05) is 33.4 Å². The summed E-state index contributed by atoms with van der Waals surface area (Å²) < 4.78 is 7.01. The van der Waals surface area contributed by atoms with Crippen LogP contribution in [0.3, 0.4) is 0 Å². The minimum Gasteiger partial charge on any atom is -0.383 e. The highest BCUT2D eigenvalue weighted by atomic mass is 32.1. The number of piperidine rings is 1. The summed E-state index contributed by atoms with van der Waals surface area (Å²) in [4.78, 5) is 28.0.